The minimum atomic E-state index is -0.505. The standard InChI is InChI=1S/C24H20N4O3/c1-16(18-11-13-19(14-12-18)31-15-17-7-3-2-4-8-17)25-28-24(30)22-20-9-5-6-10-21(20)23(29)27-26-22/h2-14H,15H2,1H3,(H,27,29)(H,28,30)/b25-16-. The van der Waals surface area contributed by atoms with Crippen molar-refractivity contribution in [2.45, 2.75) is 13.5 Å². The van der Waals surface area contributed by atoms with Gasteiger partial charge in [-0.2, -0.15) is 10.2 Å². The molecule has 7 heteroatoms. The van der Waals surface area contributed by atoms with E-state index in [2.05, 4.69) is 20.7 Å². The van der Waals surface area contributed by atoms with Crippen molar-refractivity contribution in [2.24, 2.45) is 5.10 Å². The number of hydrazone groups is 1. The third-order valence-electron chi connectivity index (χ3n) is 4.76. The predicted molar refractivity (Wildman–Crippen MR) is 119 cm³/mol. The quantitative estimate of drug-likeness (QED) is 0.373. The van der Waals surface area contributed by atoms with Crippen LogP contribution in [-0.4, -0.2) is 21.8 Å². The summed E-state index contributed by atoms with van der Waals surface area (Å²) in [5, 5.41) is 11.3. The Balaban J connectivity index is 1.43. The van der Waals surface area contributed by atoms with Crippen LogP contribution in [0.15, 0.2) is 88.8 Å². The molecule has 3 aromatic carbocycles. The van der Waals surface area contributed by atoms with E-state index in [1.165, 1.54) is 0 Å². The Labute approximate surface area is 178 Å². The van der Waals surface area contributed by atoms with Gasteiger partial charge in [0.25, 0.3) is 11.5 Å². The van der Waals surface area contributed by atoms with Crippen LogP contribution in [0.3, 0.4) is 0 Å². The van der Waals surface area contributed by atoms with Gasteiger partial charge in [0.15, 0.2) is 5.69 Å². The summed E-state index contributed by atoms with van der Waals surface area (Å²) in [7, 11) is 0. The van der Waals surface area contributed by atoms with Crippen LogP contribution >= 0.6 is 0 Å². The molecule has 0 bridgehead atoms. The fraction of sp³-hybridized carbons (Fsp3) is 0.0833. The monoisotopic (exact) mass is 412 g/mol. The number of benzene rings is 3. The van der Waals surface area contributed by atoms with Crippen molar-refractivity contribution in [1.29, 1.82) is 0 Å². The normalized spacial score (nSPS) is 11.3. The van der Waals surface area contributed by atoms with E-state index in [-0.39, 0.29) is 11.3 Å². The minimum absolute atomic E-state index is 0.108. The fourth-order valence-electron chi connectivity index (χ4n) is 3.07. The summed E-state index contributed by atoms with van der Waals surface area (Å²) in [5.74, 6) is 0.239. The average molecular weight is 412 g/mol. The summed E-state index contributed by atoms with van der Waals surface area (Å²) in [6.07, 6.45) is 0. The average Bonchev–Trinajstić information content (AvgIpc) is 2.82. The highest BCUT2D eigenvalue weighted by Gasteiger charge is 2.13. The molecule has 0 atom stereocenters. The number of carbonyl (C=O) groups is 1. The molecule has 0 radical (unpaired) electrons. The molecule has 0 saturated heterocycles. The van der Waals surface area contributed by atoms with E-state index in [1.54, 1.807) is 31.2 Å². The van der Waals surface area contributed by atoms with E-state index >= 15 is 0 Å². The first-order chi connectivity index (χ1) is 15.1. The van der Waals surface area contributed by atoms with Crippen LogP contribution in [0, 0.1) is 0 Å². The highest BCUT2D eigenvalue weighted by molar-refractivity contribution is 6.06. The van der Waals surface area contributed by atoms with Gasteiger partial charge in [0, 0.05) is 5.39 Å². The lowest BCUT2D eigenvalue weighted by Crippen LogP contribution is -2.23. The molecule has 154 valence electrons. The van der Waals surface area contributed by atoms with Gasteiger partial charge in [-0.25, -0.2) is 10.5 Å². The number of carbonyl (C=O) groups excluding carboxylic acids is 1. The maximum Gasteiger partial charge on any atom is 0.292 e. The van der Waals surface area contributed by atoms with Crippen LogP contribution in [0.4, 0.5) is 0 Å². The second kappa shape index (κ2) is 9.04. The van der Waals surface area contributed by atoms with Gasteiger partial charge in [0.1, 0.15) is 12.4 Å². The lowest BCUT2D eigenvalue weighted by molar-refractivity contribution is 0.0950. The molecule has 0 saturated carbocycles. The Bertz CT molecular complexity index is 1300. The van der Waals surface area contributed by atoms with Gasteiger partial charge in [-0.1, -0.05) is 48.5 Å². The molecule has 1 aromatic heterocycles. The highest BCUT2D eigenvalue weighted by atomic mass is 16.5. The Morgan fingerprint density at radius 2 is 1.65 bits per heavy atom. The second-order valence-corrected chi connectivity index (χ2v) is 6.88. The fourth-order valence-corrected chi connectivity index (χ4v) is 3.07. The maximum atomic E-state index is 12.6. The predicted octanol–water partition coefficient (Wildman–Crippen LogP) is 3.66. The van der Waals surface area contributed by atoms with Crippen LogP contribution in [0.5, 0.6) is 5.75 Å². The first-order valence-electron chi connectivity index (χ1n) is 9.71. The summed E-state index contributed by atoms with van der Waals surface area (Å²) >= 11 is 0. The van der Waals surface area contributed by atoms with E-state index in [4.69, 9.17) is 4.74 Å². The number of ether oxygens (including phenoxy) is 1. The van der Waals surface area contributed by atoms with E-state index in [0.29, 0.717) is 23.1 Å². The number of fused-ring (bicyclic) bond motifs is 1. The van der Waals surface area contributed by atoms with E-state index in [0.717, 1.165) is 16.9 Å². The van der Waals surface area contributed by atoms with E-state index < -0.39 is 5.91 Å². The summed E-state index contributed by atoms with van der Waals surface area (Å²) in [6, 6.07) is 24.2. The van der Waals surface area contributed by atoms with Crippen molar-refractivity contribution in [1.82, 2.24) is 15.6 Å². The molecule has 4 aromatic rings. The van der Waals surface area contributed by atoms with Gasteiger partial charge < -0.3 is 4.74 Å². The Morgan fingerprint density at radius 1 is 0.968 bits per heavy atom. The summed E-state index contributed by atoms with van der Waals surface area (Å²) in [4.78, 5) is 24.4. The molecule has 7 nitrogen and oxygen atoms in total. The molecule has 4 rings (SSSR count). The molecule has 0 aliphatic heterocycles. The molecule has 0 spiro atoms. The Hall–Kier alpha value is -4.26. The van der Waals surface area contributed by atoms with Crippen molar-refractivity contribution >= 4 is 22.4 Å². The number of aromatic amines is 1. The van der Waals surface area contributed by atoms with E-state index in [9.17, 15) is 9.59 Å². The van der Waals surface area contributed by atoms with Crippen molar-refractivity contribution in [3.63, 3.8) is 0 Å². The van der Waals surface area contributed by atoms with Crippen LogP contribution in [0.2, 0.25) is 0 Å². The number of nitrogens with one attached hydrogen (secondary N) is 2. The lowest BCUT2D eigenvalue weighted by atomic mass is 10.1. The zero-order valence-electron chi connectivity index (χ0n) is 16.8. The third kappa shape index (κ3) is 4.67. The first kappa shape index (κ1) is 20.0. The van der Waals surface area contributed by atoms with Crippen molar-refractivity contribution in [3.05, 3.63) is 106 Å². The van der Waals surface area contributed by atoms with Gasteiger partial charge in [-0.15, -0.1) is 0 Å². The van der Waals surface area contributed by atoms with Gasteiger partial charge in [0.05, 0.1) is 11.1 Å². The molecule has 31 heavy (non-hydrogen) atoms. The molecule has 0 aliphatic carbocycles. The maximum absolute atomic E-state index is 12.6. The number of nitrogens with zero attached hydrogens (tertiary/aromatic N) is 2. The van der Waals surface area contributed by atoms with Gasteiger partial charge in [-0.3, -0.25) is 9.59 Å². The zero-order chi connectivity index (χ0) is 21.6. The SMILES string of the molecule is C/C(=N/NC(=O)c1n[nH]c(=O)c2ccccc12)c1ccc(OCc2ccccc2)cc1. The smallest absolute Gasteiger partial charge is 0.292 e. The number of hydrogen-bond acceptors (Lipinski definition) is 5. The topological polar surface area (TPSA) is 96.4 Å². The number of hydrogen-bond donors (Lipinski definition) is 2. The van der Waals surface area contributed by atoms with Gasteiger partial charge >= 0.3 is 0 Å². The molecular formula is C24H20N4O3. The molecule has 2 N–H and O–H groups in total. The van der Waals surface area contributed by atoms with Crippen LogP contribution in [0.25, 0.3) is 10.8 Å². The van der Waals surface area contributed by atoms with E-state index in [1.807, 2.05) is 54.6 Å². The van der Waals surface area contributed by atoms with Gasteiger partial charge in [-0.05, 0) is 48.4 Å². The first-order valence-corrected chi connectivity index (χ1v) is 9.71. The molecule has 1 heterocycles. The van der Waals surface area contributed by atoms with Crippen molar-refractivity contribution in [2.75, 3.05) is 0 Å². The minimum Gasteiger partial charge on any atom is -0.489 e. The largest absolute Gasteiger partial charge is 0.489 e. The third-order valence-corrected chi connectivity index (χ3v) is 4.76. The van der Waals surface area contributed by atoms with Gasteiger partial charge in [0.2, 0.25) is 0 Å². The Kier molecular flexibility index (Phi) is 5.84. The van der Waals surface area contributed by atoms with Crippen LogP contribution in [-0.2, 0) is 6.61 Å². The summed E-state index contributed by atoms with van der Waals surface area (Å²) < 4.78 is 5.79. The van der Waals surface area contributed by atoms with Crippen LogP contribution < -0.4 is 15.7 Å². The molecule has 0 fully saturated rings. The molecule has 1 amide bonds. The summed E-state index contributed by atoms with van der Waals surface area (Å²) in [6.45, 7) is 2.28. The second-order valence-electron chi connectivity index (χ2n) is 6.88. The summed E-state index contributed by atoms with van der Waals surface area (Å²) in [5.41, 5.74) is 4.82. The molecular weight excluding hydrogens is 392 g/mol. The number of H-pyrrole nitrogens is 1. The zero-order valence-corrected chi connectivity index (χ0v) is 16.8. The Morgan fingerprint density at radius 3 is 2.39 bits per heavy atom. The molecule has 0 aliphatic rings. The number of rotatable bonds is 6. The lowest BCUT2D eigenvalue weighted by Gasteiger charge is -2.08. The number of aromatic nitrogens is 2. The van der Waals surface area contributed by atoms with Crippen LogP contribution in [0.1, 0.15) is 28.5 Å². The molecule has 0 unspecified atom stereocenters. The number of amides is 1. The van der Waals surface area contributed by atoms with Crippen molar-refractivity contribution in [3.8, 4) is 5.75 Å². The highest BCUT2D eigenvalue weighted by Crippen LogP contribution is 2.15. The van der Waals surface area contributed by atoms with Crippen molar-refractivity contribution < 1.29 is 9.53 Å².